The Morgan fingerprint density at radius 3 is 2.44 bits per heavy atom. The number of rotatable bonds is 3. The van der Waals surface area contributed by atoms with Crippen LogP contribution in [0.1, 0.15) is 31.2 Å². The summed E-state index contributed by atoms with van der Waals surface area (Å²) >= 11 is 0. The van der Waals surface area contributed by atoms with Crippen molar-refractivity contribution in [1.29, 1.82) is 0 Å². The molecule has 3 nitrogen and oxygen atoms in total. The normalized spacial score (nSPS) is 30.2. The van der Waals surface area contributed by atoms with Gasteiger partial charge in [0.05, 0.1) is 0 Å². The van der Waals surface area contributed by atoms with Gasteiger partial charge in [0, 0.05) is 37.1 Å². The number of fused-ring (bicyclic) bond motifs is 2. The molecule has 4 heteroatoms. The quantitative estimate of drug-likeness (QED) is 0.910. The molecule has 0 radical (unpaired) electrons. The molecule has 0 aromatic carbocycles. The molecule has 2 aliphatic rings. The zero-order valence-electron chi connectivity index (χ0n) is 10.9. The fourth-order valence-corrected chi connectivity index (χ4v) is 3.29. The molecule has 0 spiro atoms. The molecule has 1 N–H and O–H groups in total. The maximum absolute atomic E-state index is 4.07. The van der Waals surface area contributed by atoms with E-state index < -0.39 is 0 Å². The highest BCUT2D eigenvalue weighted by Gasteiger charge is 2.34. The van der Waals surface area contributed by atoms with E-state index in [0.29, 0.717) is 0 Å². The molecule has 3 heterocycles. The van der Waals surface area contributed by atoms with Gasteiger partial charge in [-0.25, -0.2) is 0 Å². The molecule has 0 saturated carbocycles. The standard InChI is InChI=1S/C14H21N3.ClH/c1-17(10-11-4-6-15-7-5-11)14-8-12-2-3-13(9-14)16-12;/h4-7,12-14,16H,2-3,8-10H2,1H3;1H. The summed E-state index contributed by atoms with van der Waals surface area (Å²) in [5, 5.41) is 3.70. The maximum Gasteiger partial charge on any atom is 0.0271 e. The largest absolute Gasteiger partial charge is 0.311 e. The van der Waals surface area contributed by atoms with E-state index in [0.717, 1.165) is 24.7 Å². The van der Waals surface area contributed by atoms with Gasteiger partial charge in [-0.1, -0.05) is 0 Å². The van der Waals surface area contributed by atoms with E-state index in [4.69, 9.17) is 0 Å². The summed E-state index contributed by atoms with van der Waals surface area (Å²) in [5.41, 5.74) is 1.37. The highest BCUT2D eigenvalue weighted by Crippen LogP contribution is 2.29. The molecule has 0 aliphatic carbocycles. The molecule has 3 rings (SSSR count). The number of aromatic nitrogens is 1. The van der Waals surface area contributed by atoms with Gasteiger partial charge in [0.25, 0.3) is 0 Å². The van der Waals surface area contributed by atoms with Gasteiger partial charge < -0.3 is 5.32 Å². The molecule has 1 aromatic heterocycles. The molecule has 18 heavy (non-hydrogen) atoms. The predicted molar refractivity (Wildman–Crippen MR) is 75.9 cm³/mol. The van der Waals surface area contributed by atoms with Gasteiger partial charge in [0.1, 0.15) is 0 Å². The minimum atomic E-state index is 0. The second-order valence-corrected chi connectivity index (χ2v) is 5.53. The Labute approximate surface area is 115 Å². The molecule has 2 fully saturated rings. The molecular formula is C14H22ClN3. The van der Waals surface area contributed by atoms with Crippen molar-refractivity contribution in [1.82, 2.24) is 15.2 Å². The van der Waals surface area contributed by atoms with E-state index >= 15 is 0 Å². The van der Waals surface area contributed by atoms with Crippen LogP contribution in [0.4, 0.5) is 0 Å². The zero-order chi connectivity index (χ0) is 11.7. The smallest absolute Gasteiger partial charge is 0.0271 e. The first-order valence-electron chi connectivity index (χ1n) is 6.66. The molecule has 2 saturated heterocycles. The van der Waals surface area contributed by atoms with Crippen molar-refractivity contribution in [3.8, 4) is 0 Å². The molecule has 2 atom stereocenters. The van der Waals surface area contributed by atoms with E-state index in [-0.39, 0.29) is 12.4 Å². The number of piperidine rings is 1. The fourth-order valence-electron chi connectivity index (χ4n) is 3.29. The van der Waals surface area contributed by atoms with Crippen LogP contribution in [0.5, 0.6) is 0 Å². The van der Waals surface area contributed by atoms with Gasteiger partial charge in [-0.15, -0.1) is 12.4 Å². The third-order valence-electron chi connectivity index (χ3n) is 4.25. The minimum absolute atomic E-state index is 0. The molecule has 1 aromatic rings. The molecule has 2 aliphatic heterocycles. The van der Waals surface area contributed by atoms with E-state index in [2.05, 4.69) is 34.4 Å². The maximum atomic E-state index is 4.07. The fraction of sp³-hybridized carbons (Fsp3) is 0.643. The second-order valence-electron chi connectivity index (χ2n) is 5.53. The number of nitrogens with one attached hydrogen (secondary N) is 1. The van der Waals surface area contributed by atoms with Gasteiger partial charge in [-0.05, 0) is 50.4 Å². The summed E-state index contributed by atoms with van der Waals surface area (Å²) < 4.78 is 0. The van der Waals surface area contributed by atoms with Crippen molar-refractivity contribution in [2.24, 2.45) is 0 Å². The van der Waals surface area contributed by atoms with Crippen LogP contribution in [0.25, 0.3) is 0 Å². The number of pyridine rings is 1. The predicted octanol–water partition coefficient (Wildman–Crippen LogP) is 2.22. The number of hydrogen-bond donors (Lipinski definition) is 1. The Kier molecular flexibility index (Phi) is 4.60. The first-order chi connectivity index (χ1) is 8.31. The topological polar surface area (TPSA) is 28.2 Å². The van der Waals surface area contributed by atoms with Crippen molar-refractivity contribution in [3.63, 3.8) is 0 Å². The summed E-state index contributed by atoms with van der Waals surface area (Å²) in [5.74, 6) is 0. The SMILES string of the molecule is CN(Cc1ccncc1)C1CC2CCC(C1)N2.Cl. The molecule has 0 amide bonds. The lowest BCUT2D eigenvalue weighted by Gasteiger charge is -2.35. The van der Waals surface area contributed by atoms with Gasteiger partial charge in [-0.3, -0.25) is 9.88 Å². The number of halogens is 1. The van der Waals surface area contributed by atoms with Crippen LogP contribution >= 0.6 is 12.4 Å². The van der Waals surface area contributed by atoms with Crippen molar-refractivity contribution < 1.29 is 0 Å². The Morgan fingerprint density at radius 2 is 1.83 bits per heavy atom. The minimum Gasteiger partial charge on any atom is -0.311 e. The van der Waals surface area contributed by atoms with Crippen LogP contribution in [-0.4, -0.2) is 35.1 Å². The van der Waals surface area contributed by atoms with Crippen molar-refractivity contribution >= 4 is 12.4 Å². The molecule has 2 bridgehead atoms. The average molecular weight is 268 g/mol. The van der Waals surface area contributed by atoms with Crippen LogP contribution in [0, 0.1) is 0 Å². The average Bonchev–Trinajstić information content (AvgIpc) is 2.69. The highest BCUT2D eigenvalue weighted by molar-refractivity contribution is 5.85. The second kappa shape index (κ2) is 6.00. The third kappa shape index (κ3) is 3.02. The van der Waals surface area contributed by atoms with E-state index in [1.165, 1.54) is 31.2 Å². The summed E-state index contributed by atoms with van der Waals surface area (Å²) in [4.78, 5) is 6.59. The van der Waals surface area contributed by atoms with Crippen LogP contribution < -0.4 is 5.32 Å². The van der Waals surface area contributed by atoms with E-state index in [1.54, 1.807) is 0 Å². The van der Waals surface area contributed by atoms with Gasteiger partial charge in [0.2, 0.25) is 0 Å². The van der Waals surface area contributed by atoms with Gasteiger partial charge in [-0.2, -0.15) is 0 Å². The Bertz CT molecular complexity index is 359. The van der Waals surface area contributed by atoms with Crippen molar-refractivity contribution in [2.45, 2.75) is 50.4 Å². The monoisotopic (exact) mass is 267 g/mol. The lowest BCUT2D eigenvalue weighted by Crippen LogP contribution is -2.46. The van der Waals surface area contributed by atoms with Gasteiger partial charge in [0.15, 0.2) is 0 Å². The number of nitrogens with zero attached hydrogens (tertiary/aromatic N) is 2. The Morgan fingerprint density at radius 1 is 1.22 bits per heavy atom. The first kappa shape index (κ1) is 13.8. The number of hydrogen-bond acceptors (Lipinski definition) is 3. The van der Waals surface area contributed by atoms with Gasteiger partial charge >= 0.3 is 0 Å². The molecule has 100 valence electrons. The first-order valence-corrected chi connectivity index (χ1v) is 6.66. The Balaban J connectivity index is 0.00000120. The summed E-state index contributed by atoms with van der Waals surface area (Å²) in [6, 6.07) is 6.54. The highest BCUT2D eigenvalue weighted by atomic mass is 35.5. The third-order valence-corrected chi connectivity index (χ3v) is 4.25. The Hall–Kier alpha value is -0.640. The lowest BCUT2D eigenvalue weighted by molar-refractivity contribution is 0.166. The molecular weight excluding hydrogens is 246 g/mol. The molecule has 2 unspecified atom stereocenters. The summed E-state index contributed by atoms with van der Waals surface area (Å²) in [6.07, 6.45) is 9.16. The zero-order valence-corrected chi connectivity index (χ0v) is 11.7. The lowest BCUT2D eigenvalue weighted by atomic mass is 9.98. The van der Waals surface area contributed by atoms with Crippen LogP contribution in [-0.2, 0) is 6.54 Å². The van der Waals surface area contributed by atoms with Crippen molar-refractivity contribution in [3.05, 3.63) is 30.1 Å². The summed E-state index contributed by atoms with van der Waals surface area (Å²) in [6.45, 7) is 1.05. The van der Waals surface area contributed by atoms with Crippen LogP contribution in [0.15, 0.2) is 24.5 Å². The van der Waals surface area contributed by atoms with Crippen LogP contribution in [0.2, 0.25) is 0 Å². The van der Waals surface area contributed by atoms with Crippen LogP contribution in [0.3, 0.4) is 0 Å². The van der Waals surface area contributed by atoms with E-state index in [9.17, 15) is 0 Å². The van der Waals surface area contributed by atoms with E-state index in [1.807, 2.05) is 12.4 Å². The van der Waals surface area contributed by atoms with Crippen molar-refractivity contribution in [2.75, 3.05) is 7.05 Å². The summed E-state index contributed by atoms with van der Waals surface area (Å²) in [7, 11) is 2.26.